The highest BCUT2D eigenvalue weighted by molar-refractivity contribution is 5.77. The van der Waals surface area contributed by atoms with Crippen LogP contribution in [0.15, 0.2) is 60.9 Å². The van der Waals surface area contributed by atoms with Gasteiger partial charge in [0, 0.05) is 52.2 Å². The third kappa shape index (κ3) is 8.54. The Bertz CT molecular complexity index is 1180. The maximum Gasteiger partial charge on any atom is 0.248 e. The van der Waals surface area contributed by atoms with E-state index in [4.69, 9.17) is 14.2 Å². The molecule has 1 fully saturated rings. The summed E-state index contributed by atoms with van der Waals surface area (Å²) in [6.07, 6.45) is 4.69. The summed E-state index contributed by atoms with van der Waals surface area (Å²) in [4.78, 5) is 20.7. The molecule has 1 amide bonds. The molecule has 0 aliphatic carbocycles. The minimum Gasteiger partial charge on any atom is -0.494 e. The van der Waals surface area contributed by atoms with Gasteiger partial charge in [-0.3, -0.25) is 9.69 Å². The SMILES string of the molecule is COCC(=O)N1CCN(Cc2ccc(OCCCn3ccnc3C)cc2)C[C@](O)(COc2ccc(C)cc2)C1. The predicted molar refractivity (Wildman–Crippen MR) is 149 cm³/mol. The monoisotopic (exact) mass is 536 g/mol. The highest BCUT2D eigenvalue weighted by Gasteiger charge is 2.37. The Hall–Kier alpha value is -3.40. The number of aromatic nitrogens is 2. The van der Waals surface area contributed by atoms with Crippen molar-refractivity contribution >= 4 is 5.91 Å². The fraction of sp³-hybridized carbons (Fsp3) is 0.467. The van der Waals surface area contributed by atoms with Crippen LogP contribution in [0.3, 0.4) is 0 Å². The molecule has 0 saturated carbocycles. The van der Waals surface area contributed by atoms with E-state index < -0.39 is 5.60 Å². The summed E-state index contributed by atoms with van der Waals surface area (Å²) in [6, 6.07) is 15.8. The molecule has 1 N–H and O–H groups in total. The molecule has 0 unspecified atom stereocenters. The average molecular weight is 537 g/mol. The Kier molecular flexibility index (Phi) is 9.97. The fourth-order valence-corrected chi connectivity index (χ4v) is 4.76. The van der Waals surface area contributed by atoms with Gasteiger partial charge in [0.1, 0.15) is 36.1 Å². The van der Waals surface area contributed by atoms with E-state index in [0.29, 0.717) is 38.5 Å². The molecular formula is C30H40N4O5. The molecule has 0 radical (unpaired) electrons. The van der Waals surface area contributed by atoms with Gasteiger partial charge in [-0.1, -0.05) is 29.8 Å². The molecule has 1 atom stereocenters. The van der Waals surface area contributed by atoms with Crippen molar-refractivity contribution in [2.24, 2.45) is 0 Å². The van der Waals surface area contributed by atoms with Crippen LogP contribution in [0.5, 0.6) is 11.5 Å². The number of amides is 1. The van der Waals surface area contributed by atoms with Crippen molar-refractivity contribution in [3.05, 3.63) is 77.9 Å². The van der Waals surface area contributed by atoms with Gasteiger partial charge in [0.05, 0.1) is 13.2 Å². The van der Waals surface area contributed by atoms with Crippen molar-refractivity contribution in [2.75, 3.05) is 53.1 Å². The number of carbonyl (C=O) groups excluding carboxylic acids is 1. The molecule has 4 rings (SSSR count). The molecule has 210 valence electrons. The van der Waals surface area contributed by atoms with E-state index in [1.807, 2.05) is 62.6 Å². The number of imidazole rings is 1. The van der Waals surface area contributed by atoms with Crippen molar-refractivity contribution in [3.8, 4) is 11.5 Å². The third-order valence-corrected chi connectivity index (χ3v) is 6.90. The maximum atomic E-state index is 12.7. The lowest BCUT2D eigenvalue weighted by molar-refractivity contribution is -0.138. The standard InChI is InChI=1S/C30H40N4O5/c1-24-5-9-28(10-6-24)39-23-30(36)21-32(16-17-34(22-30)29(35)20-37-3)19-26-7-11-27(12-8-26)38-18-4-14-33-15-13-31-25(33)2/h5-13,15,36H,4,14,16-23H2,1-3H3/t30-/m1/s1. The van der Waals surface area contributed by atoms with Gasteiger partial charge in [-0.05, 0) is 50.1 Å². The number of methoxy groups -OCH3 is 1. The molecule has 39 heavy (non-hydrogen) atoms. The summed E-state index contributed by atoms with van der Waals surface area (Å²) in [5.41, 5.74) is 1.01. The maximum absolute atomic E-state index is 12.7. The summed E-state index contributed by atoms with van der Waals surface area (Å²) in [5, 5.41) is 11.6. The Morgan fingerprint density at radius 3 is 2.41 bits per heavy atom. The van der Waals surface area contributed by atoms with E-state index >= 15 is 0 Å². The number of hydrogen-bond acceptors (Lipinski definition) is 7. The Labute approximate surface area is 230 Å². The lowest BCUT2D eigenvalue weighted by atomic mass is 10.0. The van der Waals surface area contributed by atoms with Gasteiger partial charge >= 0.3 is 0 Å². The number of carbonyl (C=O) groups is 1. The van der Waals surface area contributed by atoms with Gasteiger partial charge in [-0.25, -0.2) is 4.98 Å². The summed E-state index contributed by atoms with van der Waals surface area (Å²) < 4.78 is 19.1. The zero-order valence-corrected chi connectivity index (χ0v) is 23.2. The second-order valence-electron chi connectivity index (χ2n) is 10.3. The summed E-state index contributed by atoms with van der Waals surface area (Å²) in [7, 11) is 1.50. The van der Waals surface area contributed by atoms with Crippen LogP contribution < -0.4 is 9.47 Å². The predicted octanol–water partition coefficient (Wildman–Crippen LogP) is 3.07. The molecule has 1 aromatic heterocycles. The molecule has 9 nitrogen and oxygen atoms in total. The fourth-order valence-electron chi connectivity index (χ4n) is 4.76. The van der Waals surface area contributed by atoms with Crippen LogP contribution >= 0.6 is 0 Å². The number of aliphatic hydroxyl groups is 1. The number of β-amino-alcohol motifs (C(OH)–C–C–N with tert-alkyl or cyclic N) is 1. The first kappa shape index (κ1) is 28.6. The quantitative estimate of drug-likeness (QED) is 0.356. The van der Waals surface area contributed by atoms with Crippen LogP contribution in [0.25, 0.3) is 0 Å². The Morgan fingerprint density at radius 2 is 1.72 bits per heavy atom. The first-order valence-electron chi connectivity index (χ1n) is 13.4. The normalized spacial score (nSPS) is 18.1. The van der Waals surface area contributed by atoms with Gasteiger partial charge in [-0.2, -0.15) is 0 Å². The molecule has 3 aromatic rings. The van der Waals surface area contributed by atoms with Crippen molar-refractivity contribution in [1.82, 2.24) is 19.4 Å². The highest BCUT2D eigenvalue weighted by Crippen LogP contribution is 2.21. The van der Waals surface area contributed by atoms with E-state index in [0.717, 1.165) is 35.7 Å². The molecular weight excluding hydrogens is 496 g/mol. The van der Waals surface area contributed by atoms with Crippen LogP contribution in [0, 0.1) is 13.8 Å². The largest absolute Gasteiger partial charge is 0.494 e. The molecule has 9 heteroatoms. The minimum absolute atomic E-state index is 0.0156. The molecule has 0 spiro atoms. The second-order valence-corrected chi connectivity index (χ2v) is 10.3. The zero-order chi connectivity index (χ0) is 27.7. The smallest absolute Gasteiger partial charge is 0.248 e. The number of rotatable bonds is 12. The van der Waals surface area contributed by atoms with Crippen LogP contribution in [-0.2, 0) is 22.6 Å². The van der Waals surface area contributed by atoms with Crippen LogP contribution in [-0.4, -0.2) is 89.1 Å². The van der Waals surface area contributed by atoms with Gasteiger partial charge in [0.2, 0.25) is 5.91 Å². The van der Waals surface area contributed by atoms with Crippen LogP contribution in [0.1, 0.15) is 23.4 Å². The average Bonchev–Trinajstić information content (AvgIpc) is 3.25. The lowest BCUT2D eigenvalue weighted by Gasteiger charge is -2.33. The lowest BCUT2D eigenvalue weighted by Crippen LogP contribution is -2.52. The molecule has 2 heterocycles. The molecule has 0 bridgehead atoms. The number of hydrogen-bond donors (Lipinski definition) is 1. The molecule has 1 aliphatic rings. The van der Waals surface area contributed by atoms with Gasteiger partial charge in [-0.15, -0.1) is 0 Å². The van der Waals surface area contributed by atoms with Crippen molar-refractivity contribution < 1.29 is 24.1 Å². The van der Waals surface area contributed by atoms with Crippen molar-refractivity contribution in [3.63, 3.8) is 0 Å². The molecule has 1 aliphatic heterocycles. The van der Waals surface area contributed by atoms with E-state index in [9.17, 15) is 9.90 Å². The zero-order valence-electron chi connectivity index (χ0n) is 23.2. The first-order valence-corrected chi connectivity index (χ1v) is 13.4. The van der Waals surface area contributed by atoms with Crippen molar-refractivity contribution in [1.29, 1.82) is 0 Å². The number of ether oxygens (including phenoxy) is 3. The van der Waals surface area contributed by atoms with Gasteiger partial charge < -0.3 is 28.8 Å². The van der Waals surface area contributed by atoms with Gasteiger partial charge in [0.15, 0.2) is 0 Å². The van der Waals surface area contributed by atoms with Gasteiger partial charge in [0.25, 0.3) is 0 Å². The highest BCUT2D eigenvalue weighted by atomic mass is 16.5. The van der Waals surface area contributed by atoms with E-state index in [1.165, 1.54) is 7.11 Å². The third-order valence-electron chi connectivity index (χ3n) is 6.90. The van der Waals surface area contributed by atoms with Crippen molar-refractivity contribution in [2.45, 2.75) is 39.0 Å². The molecule has 1 saturated heterocycles. The summed E-state index contributed by atoms with van der Waals surface area (Å²) >= 11 is 0. The number of nitrogens with zero attached hydrogens (tertiary/aromatic N) is 4. The van der Waals surface area contributed by atoms with Crippen LogP contribution in [0.4, 0.5) is 0 Å². The topological polar surface area (TPSA) is 89.3 Å². The van der Waals surface area contributed by atoms with E-state index in [1.54, 1.807) is 4.90 Å². The summed E-state index contributed by atoms with van der Waals surface area (Å²) in [5.74, 6) is 2.39. The molecule has 2 aromatic carbocycles. The van der Waals surface area contributed by atoms with E-state index in [-0.39, 0.29) is 25.7 Å². The number of aryl methyl sites for hydroxylation is 3. The Morgan fingerprint density at radius 1 is 1.00 bits per heavy atom. The van der Waals surface area contributed by atoms with E-state index in [2.05, 4.69) is 26.6 Å². The van der Waals surface area contributed by atoms with Crippen LogP contribution in [0.2, 0.25) is 0 Å². The second kappa shape index (κ2) is 13.6. The summed E-state index contributed by atoms with van der Waals surface area (Å²) in [6.45, 7) is 7.92. The first-order chi connectivity index (χ1) is 18.8. The number of benzene rings is 2. The minimum atomic E-state index is -1.23. The Balaban J connectivity index is 1.34.